The van der Waals surface area contributed by atoms with Crippen LogP contribution in [0.3, 0.4) is 0 Å². The van der Waals surface area contributed by atoms with Crippen molar-refractivity contribution in [2.24, 2.45) is 0 Å². The van der Waals surface area contributed by atoms with Crippen LogP contribution in [-0.2, 0) is 6.54 Å². The van der Waals surface area contributed by atoms with Gasteiger partial charge in [-0.3, -0.25) is 9.48 Å². The lowest BCUT2D eigenvalue weighted by molar-refractivity contribution is 0.101. The van der Waals surface area contributed by atoms with Gasteiger partial charge in [0.05, 0.1) is 23.2 Å². The summed E-state index contributed by atoms with van der Waals surface area (Å²) in [6.07, 6.45) is 3.35. The number of hydrogen-bond donors (Lipinski definition) is 0. The van der Waals surface area contributed by atoms with Gasteiger partial charge in [0.25, 0.3) is 0 Å². The van der Waals surface area contributed by atoms with Crippen molar-refractivity contribution in [2.45, 2.75) is 25.5 Å². The maximum atomic E-state index is 13.7. The maximum absolute atomic E-state index is 13.7. The number of halogens is 2. The molecule has 0 aliphatic heterocycles. The Labute approximate surface area is 153 Å². The highest BCUT2D eigenvalue weighted by Gasteiger charge is 2.15. The molecule has 0 atom stereocenters. The van der Waals surface area contributed by atoms with E-state index in [9.17, 15) is 13.6 Å². The molecule has 134 valence electrons. The van der Waals surface area contributed by atoms with Crippen molar-refractivity contribution in [3.8, 4) is 11.3 Å². The van der Waals surface area contributed by atoms with E-state index >= 15 is 0 Å². The molecule has 26 heavy (non-hydrogen) atoms. The SMILES string of the molecule is CCn1ncc(-c2ccnc(SCC(=O)c3ccc(F)cc3F)n2)c1C. The second-order valence-electron chi connectivity index (χ2n) is 5.52. The number of benzene rings is 1. The molecule has 0 radical (unpaired) electrons. The first-order chi connectivity index (χ1) is 12.5. The smallest absolute Gasteiger partial charge is 0.188 e. The minimum atomic E-state index is -0.868. The van der Waals surface area contributed by atoms with Crippen molar-refractivity contribution in [1.82, 2.24) is 19.7 Å². The van der Waals surface area contributed by atoms with E-state index in [0.717, 1.165) is 41.7 Å². The number of aryl methyl sites for hydroxylation is 1. The van der Waals surface area contributed by atoms with Crippen LogP contribution >= 0.6 is 11.8 Å². The number of Topliss-reactive ketones (excluding diaryl/α,β-unsaturated/α-hetero) is 1. The molecule has 3 aromatic rings. The Balaban J connectivity index is 1.74. The molecule has 8 heteroatoms. The summed E-state index contributed by atoms with van der Waals surface area (Å²) in [5.74, 6) is -2.07. The molecule has 2 aromatic heterocycles. The zero-order valence-electron chi connectivity index (χ0n) is 14.2. The number of carbonyl (C=O) groups excluding carboxylic acids is 1. The molecule has 5 nitrogen and oxygen atoms in total. The summed E-state index contributed by atoms with van der Waals surface area (Å²) < 4.78 is 28.5. The third-order valence-corrected chi connectivity index (χ3v) is 4.74. The van der Waals surface area contributed by atoms with Gasteiger partial charge < -0.3 is 0 Å². The van der Waals surface area contributed by atoms with Crippen LogP contribution in [0.25, 0.3) is 11.3 Å². The fourth-order valence-electron chi connectivity index (χ4n) is 2.50. The molecule has 0 spiro atoms. The number of nitrogens with zero attached hydrogens (tertiary/aromatic N) is 4. The summed E-state index contributed by atoms with van der Waals surface area (Å²) >= 11 is 1.10. The largest absolute Gasteiger partial charge is 0.293 e. The Morgan fingerprint density at radius 2 is 2.08 bits per heavy atom. The normalized spacial score (nSPS) is 10.9. The van der Waals surface area contributed by atoms with Gasteiger partial charge in [0.2, 0.25) is 0 Å². The Morgan fingerprint density at radius 3 is 2.77 bits per heavy atom. The summed E-state index contributed by atoms with van der Waals surface area (Å²) in [5.41, 5.74) is 2.45. The standard InChI is InChI=1S/C18H16F2N4OS/c1-3-24-11(2)14(9-22-24)16-6-7-21-18(23-16)26-10-17(25)13-5-4-12(19)8-15(13)20/h4-9H,3,10H2,1-2H3. The minimum Gasteiger partial charge on any atom is -0.293 e. The molecule has 0 bridgehead atoms. The zero-order valence-corrected chi connectivity index (χ0v) is 15.1. The molecule has 0 fully saturated rings. The van der Waals surface area contributed by atoms with E-state index in [-0.39, 0.29) is 11.3 Å². The van der Waals surface area contributed by atoms with Crippen LogP contribution in [-0.4, -0.2) is 31.3 Å². The number of aromatic nitrogens is 4. The number of thioether (sulfide) groups is 1. The van der Waals surface area contributed by atoms with E-state index in [2.05, 4.69) is 15.1 Å². The Kier molecular flexibility index (Phi) is 5.41. The molecular weight excluding hydrogens is 358 g/mol. The van der Waals surface area contributed by atoms with Crippen molar-refractivity contribution in [3.63, 3.8) is 0 Å². The third-order valence-electron chi connectivity index (χ3n) is 3.88. The van der Waals surface area contributed by atoms with E-state index in [1.165, 1.54) is 0 Å². The van der Waals surface area contributed by atoms with Crippen molar-refractivity contribution in [3.05, 3.63) is 59.6 Å². The van der Waals surface area contributed by atoms with Crippen LogP contribution in [0.15, 0.2) is 41.8 Å². The van der Waals surface area contributed by atoms with E-state index in [0.29, 0.717) is 16.9 Å². The number of ketones is 1. The predicted octanol–water partition coefficient (Wildman–Crippen LogP) is 3.92. The van der Waals surface area contributed by atoms with Gasteiger partial charge in [0.15, 0.2) is 10.9 Å². The van der Waals surface area contributed by atoms with E-state index < -0.39 is 17.4 Å². The molecule has 0 N–H and O–H groups in total. The second-order valence-corrected chi connectivity index (χ2v) is 6.46. The van der Waals surface area contributed by atoms with Gasteiger partial charge in [0, 0.05) is 30.1 Å². The van der Waals surface area contributed by atoms with Crippen LogP contribution in [0.2, 0.25) is 0 Å². The highest BCUT2D eigenvalue weighted by molar-refractivity contribution is 7.99. The number of rotatable bonds is 6. The van der Waals surface area contributed by atoms with Gasteiger partial charge in [-0.05, 0) is 32.0 Å². The van der Waals surface area contributed by atoms with E-state index in [1.54, 1.807) is 18.5 Å². The first-order valence-corrected chi connectivity index (χ1v) is 8.95. The molecule has 0 saturated carbocycles. The first-order valence-electron chi connectivity index (χ1n) is 7.96. The van der Waals surface area contributed by atoms with Crippen molar-refractivity contribution in [2.75, 3.05) is 5.75 Å². The van der Waals surface area contributed by atoms with Crippen LogP contribution in [0.5, 0.6) is 0 Å². The molecule has 0 unspecified atom stereocenters. The highest BCUT2D eigenvalue weighted by Crippen LogP contribution is 2.24. The van der Waals surface area contributed by atoms with Crippen LogP contribution in [0.1, 0.15) is 23.0 Å². The summed E-state index contributed by atoms with van der Waals surface area (Å²) in [6.45, 7) is 4.73. The van der Waals surface area contributed by atoms with Gasteiger partial charge in [-0.1, -0.05) is 11.8 Å². The molecule has 0 saturated heterocycles. The number of carbonyl (C=O) groups is 1. The van der Waals surface area contributed by atoms with Crippen LogP contribution < -0.4 is 0 Å². The Morgan fingerprint density at radius 1 is 1.27 bits per heavy atom. The summed E-state index contributed by atoms with van der Waals surface area (Å²) in [6, 6.07) is 4.68. The summed E-state index contributed by atoms with van der Waals surface area (Å²) in [7, 11) is 0. The highest BCUT2D eigenvalue weighted by atomic mass is 32.2. The lowest BCUT2D eigenvalue weighted by Crippen LogP contribution is -2.06. The molecule has 0 aliphatic carbocycles. The van der Waals surface area contributed by atoms with Crippen LogP contribution in [0.4, 0.5) is 8.78 Å². The van der Waals surface area contributed by atoms with E-state index in [4.69, 9.17) is 0 Å². The third kappa shape index (κ3) is 3.80. The van der Waals surface area contributed by atoms with Gasteiger partial charge in [-0.25, -0.2) is 18.7 Å². The molecule has 1 aromatic carbocycles. The number of hydrogen-bond acceptors (Lipinski definition) is 5. The summed E-state index contributed by atoms with van der Waals surface area (Å²) in [4.78, 5) is 20.7. The van der Waals surface area contributed by atoms with Crippen LogP contribution in [0, 0.1) is 18.6 Å². The first kappa shape index (κ1) is 18.2. The Hall–Kier alpha value is -2.61. The lowest BCUT2D eigenvalue weighted by atomic mass is 10.1. The topological polar surface area (TPSA) is 60.7 Å². The quantitative estimate of drug-likeness (QED) is 0.372. The molecular formula is C18H16F2N4OS. The zero-order chi connectivity index (χ0) is 18.7. The predicted molar refractivity (Wildman–Crippen MR) is 95.1 cm³/mol. The average Bonchev–Trinajstić information content (AvgIpc) is 3.00. The molecule has 2 heterocycles. The van der Waals surface area contributed by atoms with E-state index in [1.807, 2.05) is 18.5 Å². The van der Waals surface area contributed by atoms with Gasteiger partial charge in [0.1, 0.15) is 11.6 Å². The molecule has 0 aliphatic rings. The summed E-state index contributed by atoms with van der Waals surface area (Å²) in [5, 5.41) is 4.70. The van der Waals surface area contributed by atoms with Gasteiger partial charge in [-0.15, -0.1) is 0 Å². The Bertz CT molecular complexity index is 958. The monoisotopic (exact) mass is 374 g/mol. The molecule has 0 amide bonds. The van der Waals surface area contributed by atoms with Crippen molar-refractivity contribution >= 4 is 17.5 Å². The lowest BCUT2D eigenvalue weighted by Gasteiger charge is -2.05. The average molecular weight is 374 g/mol. The molecule has 3 rings (SSSR count). The fourth-order valence-corrected chi connectivity index (χ4v) is 3.21. The second kappa shape index (κ2) is 7.74. The van der Waals surface area contributed by atoms with Gasteiger partial charge >= 0.3 is 0 Å². The maximum Gasteiger partial charge on any atom is 0.188 e. The van der Waals surface area contributed by atoms with Crippen molar-refractivity contribution < 1.29 is 13.6 Å². The minimum absolute atomic E-state index is 0.0425. The fraction of sp³-hybridized carbons (Fsp3) is 0.222. The van der Waals surface area contributed by atoms with Gasteiger partial charge in [-0.2, -0.15) is 5.10 Å². The van der Waals surface area contributed by atoms with Crippen molar-refractivity contribution in [1.29, 1.82) is 0 Å².